The Labute approximate surface area is 224 Å². The van der Waals surface area contributed by atoms with Crippen molar-refractivity contribution in [3.63, 3.8) is 0 Å². The number of aromatic nitrogens is 1. The van der Waals surface area contributed by atoms with Crippen LogP contribution in [0.5, 0.6) is 0 Å². The van der Waals surface area contributed by atoms with E-state index in [2.05, 4.69) is 0 Å². The number of ether oxygens (including phenoxy) is 1. The van der Waals surface area contributed by atoms with Gasteiger partial charge in [-0.2, -0.15) is 13.2 Å². The van der Waals surface area contributed by atoms with Gasteiger partial charge in [0.25, 0.3) is 5.69 Å². The van der Waals surface area contributed by atoms with Crippen LogP contribution in [-0.4, -0.2) is 27.8 Å². The van der Waals surface area contributed by atoms with Crippen molar-refractivity contribution in [1.82, 2.24) is 4.57 Å². The van der Waals surface area contributed by atoms with Gasteiger partial charge in [0, 0.05) is 27.9 Å². The molecule has 4 aromatic rings. The maximum atomic E-state index is 13.0. The van der Waals surface area contributed by atoms with Crippen LogP contribution in [-0.2, 0) is 17.5 Å². The molecule has 202 valence electrons. The number of nitro groups is 1. The summed E-state index contributed by atoms with van der Waals surface area (Å²) in [6, 6.07) is 13.4. The standard InChI is InChI=1S/C27H21F3N2O6S/c1-16-12-21(17(2)31(16)14-19-6-5-11-37-19)23(33)15-38-26(34)20-7-3-4-8-24(20)39-25-10-9-18(27(28,29)30)13-22(25)32(35)36/h3-13H,14-15H2,1-2H3. The molecule has 0 aliphatic rings. The van der Waals surface area contributed by atoms with Gasteiger partial charge >= 0.3 is 12.1 Å². The van der Waals surface area contributed by atoms with Crippen molar-refractivity contribution in [1.29, 1.82) is 0 Å². The molecule has 0 spiro atoms. The van der Waals surface area contributed by atoms with Gasteiger partial charge in [0.2, 0.25) is 5.78 Å². The topological polar surface area (TPSA) is 105 Å². The molecule has 0 aliphatic carbocycles. The Hall–Kier alpha value is -4.32. The molecule has 0 radical (unpaired) electrons. The molecule has 0 amide bonds. The van der Waals surface area contributed by atoms with E-state index in [1.54, 1.807) is 31.4 Å². The third kappa shape index (κ3) is 6.23. The number of hydrogen-bond acceptors (Lipinski definition) is 7. The molecule has 12 heteroatoms. The van der Waals surface area contributed by atoms with Crippen molar-refractivity contribution in [2.75, 3.05) is 6.61 Å². The van der Waals surface area contributed by atoms with Crippen LogP contribution < -0.4 is 0 Å². The quantitative estimate of drug-likeness (QED) is 0.0956. The molecule has 0 saturated carbocycles. The van der Waals surface area contributed by atoms with E-state index in [-0.39, 0.29) is 15.4 Å². The second kappa shape index (κ2) is 11.2. The van der Waals surface area contributed by atoms with Crippen LogP contribution in [0.25, 0.3) is 0 Å². The highest BCUT2D eigenvalue weighted by molar-refractivity contribution is 7.99. The minimum atomic E-state index is -4.75. The molecule has 8 nitrogen and oxygen atoms in total. The number of furan rings is 1. The van der Waals surface area contributed by atoms with E-state index in [0.717, 1.165) is 29.6 Å². The second-order valence-electron chi connectivity index (χ2n) is 8.49. The molecule has 0 unspecified atom stereocenters. The van der Waals surface area contributed by atoms with E-state index >= 15 is 0 Å². The van der Waals surface area contributed by atoms with Crippen LogP contribution in [0.4, 0.5) is 18.9 Å². The van der Waals surface area contributed by atoms with E-state index < -0.39 is 40.7 Å². The molecule has 0 N–H and O–H groups in total. The zero-order valence-electron chi connectivity index (χ0n) is 20.7. The maximum Gasteiger partial charge on any atom is 0.416 e. The van der Waals surface area contributed by atoms with Gasteiger partial charge in [-0.15, -0.1) is 0 Å². The van der Waals surface area contributed by atoms with Crippen molar-refractivity contribution in [3.05, 3.63) is 111 Å². The molecule has 0 saturated heterocycles. The second-order valence-corrected chi connectivity index (χ2v) is 9.57. The predicted molar refractivity (Wildman–Crippen MR) is 135 cm³/mol. The first-order valence-electron chi connectivity index (χ1n) is 11.5. The third-order valence-electron chi connectivity index (χ3n) is 5.91. The number of Topliss-reactive ketones (excluding diaryl/α,β-unsaturated/α-hetero) is 1. The average Bonchev–Trinajstić information content (AvgIpc) is 3.50. The highest BCUT2D eigenvalue weighted by Crippen LogP contribution is 2.40. The van der Waals surface area contributed by atoms with Gasteiger partial charge in [-0.3, -0.25) is 14.9 Å². The number of carbonyl (C=O) groups is 2. The number of halogens is 3. The Morgan fingerprint density at radius 2 is 1.77 bits per heavy atom. The molecule has 2 heterocycles. The number of esters is 1. The van der Waals surface area contributed by atoms with Gasteiger partial charge in [0.05, 0.1) is 33.8 Å². The van der Waals surface area contributed by atoms with Gasteiger partial charge in [-0.05, 0) is 56.3 Å². The molecule has 2 aromatic carbocycles. The van der Waals surface area contributed by atoms with Crippen LogP contribution in [0.15, 0.2) is 81.1 Å². The zero-order valence-corrected chi connectivity index (χ0v) is 21.5. The molecule has 39 heavy (non-hydrogen) atoms. The maximum absolute atomic E-state index is 13.0. The summed E-state index contributed by atoms with van der Waals surface area (Å²) in [5.41, 5.74) is -0.0250. The van der Waals surface area contributed by atoms with Crippen LogP contribution in [0, 0.1) is 24.0 Å². The Kier molecular flexibility index (Phi) is 7.95. The summed E-state index contributed by atoms with van der Waals surface area (Å²) in [6.07, 6.45) is -3.19. The monoisotopic (exact) mass is 558 g/mol. The van der Waals surface area contributed by atoms with Crippen molar-refractivity contribution >= 4 is 29.2 Å². The molecule has 4 rings (SSSR count). The molecule has 0 aliphatic heterocycles. The Morgan fingerprint density at radius 1 is 1.03 bits per heavy atom. The SMILES string of the molecule is Cc1cc(C(=O)COC(=O)c2ccccc2Sc2ccc(C(F)(F)F)cc2[N+](=O)[O-])c(C)n1Cc1ccco1. The number of ketones is 1. The number of hydrogen-bond donors (Lipinski definition) is 0. The fraction of sp³-hybridized carbons (Fsp3) is 0.185. The first-order chi connectivity index (χ1) is 18.5. The van der Waals surface area contributed by atoms with Crippen LogP contribution >= 0.6 is 11.8 Å². The Balaban J connectivity index is 1.50. The van der Waals surface area contributed by atoms with Gasteiger partial charge in [-0.1, -0.05) is 23.9 Å². The Bertz CT molecular complexity index is 1540. The zero-order chi connectivity index (χ0) is 28.3. The normalized spacial score (nSPS) is 11.4. The number of benzene rings is 2. The predicted octanol–water partition coefficient (Wildman–Crippen LogP) is 6.86. The molecule has 0 bridgehead atoms. The smallest absolute Gasteiger partial charge is 0.416 e. The molecule has 0 atom stereocenters. The minimum Gasteiger partial charge on any atom is -0.467 e. The molecular weight excluding hydrogens is 537 g/mol. The number of nitro benzene ring substituents is 1. The number of nitrogens with zero attached hydrogens (tertiary/aromatic N) is 2. The van der Waals surface area contributed by atoms with Crippen molar-refractivity contribution in [2.24, 2.45) is 0 Å². The highest BCUT2D eigenvalue weighted by Gasteiger charge is 2.33. The first kappa shape index (κ1) is 27.7. The van der Waals surface area contributed by atoms with Gasteiger partial charge in [-0.25, -0.2) is 4.79 Å². The molecular formula is C27H21F3N2O6S. The van der Waals surface area contributed by atoms with Gasteiger partial charge < -0.3 is 13.7 Å². The van der Waals surface area contributed by atoms with Crippen molar-refractivity contribution in [2.45, 2.75) is 36.4 Å². The van der Waals surface area contributed by atoms with Crippen LogP contribution in [0.2, 0.25) is 0 Å². The lowest BCUT2D eigenvalue weighted by atomic mass is 10.1. The summed E-state index contributed by atoms with van der Waals surface area (Å²) in [6.45, 7) is 3.49. The first-order valence-corrected chi connectivity index (χ1v) is 12.3. The number of aryl methyl sites for hydroxylation is 1. The van der Waals surface area contributed by atoms with Gasteiger partial charge in [0.15, 0.2) is 6.61 Å². The number of alkyl halides is 3. The summed E-state index contributed by atoms with van der Waals surface area (Å²) in [5, 5.41) is 11.5. The minimum absolute atomic E-state index is 0.00721. The lowest BCUT2D eigenvalue weighted by Gasteiger charge is -2.11. The lowest BCUT2D eigenvalue weighted by molar-refractivity contribution is -0.388. The number of carbonyl (C=O) groups excluding carboxylic acids is 2. The van der Waals surface area contributed by atoms with E-state index in [1.807, 2.05) is 17.6 Å². The summed E-state index contributed by atoms with van der Waals surface area (Å²) >= 11 is 0.750. The van der Waals surface area contributed by atoms with Crippen molar-refractivity contribution in [3.8, 4) is 0 Å². The Morgan fingerprint density at radius 3 is 2.44 bits per heavy atom. The fourth-order valence-electron chi connectivity index (χ4n) is 3.94. The lowest BCUT2D eigenvalue weighted by Crippen LogP contribution is -2.15. The van der Waals surface area contributed by atoms with E-state index in [0.29, 0.717) is 29.6 Å². The van der Waals surface area contributed by atoms with E-state index in [9.17, 15) is 32.9 Å². The average molecular weight is 559 g/mol. The molecule has 2 aromatic heterocycles. The summed E-state index contributed by atoms with van der Waals surface area (Å²) < 4.78 is 51.7. The fourth-order valence-corrected chi connectivity index (χ4v) is 4.96. The molecule has 0 fully saturated rings. The van der Waals surface area contributed by atoms with E-state index in [4.69, 9.17) is 9.15 Å². The summed E-state index contributed by atoms with van der Waals surface area (Å²) in [5.74, 6) is -0.569. The van der Waals surface area contributed by atoms with Crippen molar-refractivity contribution < 1.29 is 36.8 Å². The number of rotatable bonds is 9. The summed E-state index contributed by atoms with van der Waals surface area (Å²) in [4.78, 5) is 36.4. The third-order valence-corrected chi connectivity index (χ3v) is 7.05. The largest absolute Gasteiger partial charge is 0.467 e. The van der Waals surface area contributed by atoms with Crippen LogP contribution in [0.1, 0.15) is 43.4 Å². The van der Waals surface area contributed by atoms with Crippen LogP contribution in [0.3, 0.4) is 0 Å². The van der Waals surface area contributed by atoms with E-state index in [1.165, 1.54) is 18.2 Å². The van der Waals surface area contributed by atoms with Gasteiger partial charge in [0.1, 0.15) is 5.76 Å². The summed E-state index contributed by atoms with van der Waals surface area (Å²) in [7, 11) is 0. The highest BCUT2D eigenvalue weighted by atomic mass is 32.2.